The Morgan fingerprint density at radius 1 is 1.17 bits per heavy atom. The highest BCUT2D eigenvalue weighted by Gasteiger charge is 2.25. The molecule has 0 radical (unpaired) electrons. The van der Waals surface area contributed by atoms with E-state index >= 15 is 0 Å². The normalized spacial score (nSPS) is 17.3. The van der Waals surface area contributed by atoms with Gasteiger partial charge in [-0.1, -0.05) is 11.6 Å². The highest BCUT2D eigenvalue weighted by Crippen LogP contribution is 2.47. The van der Waals surface area contributed by atoms with Gasteiger partial charge in [0.1, 0.15) is 0 Å². The van der Waals surface area contributed by atoms with Gasteiger partial charge in [-0.25, -0.2) is 0 Å². The van der Waals surface area contributed by atoms with E-state index in [0.717, 1.165) is 53.4 Å². The van der Waals surface area contributed by atoms with Crippen LogP contribution in [0, 0.1) is 5.92 Å². The first-order valence-corrected chi connectivity index (χ1v) is 8.59. The van der Waals surface area contributed by atoms with E-state index in [1.807, 2.05) is 30.5 Å². The van der Waals surface area contributed by atoms with Crippen LogP contribution < -0.4 is 15.0 Å². The van der Waals surface area contributed by atoms with Gasteiger partial charge in [0, 0.05) is 17.8 Å². The highest BCUT2D eigenvalue weighted by molar-refractivity contribution is 6.31. The number of halogens is 1. The minimum Gasteiger partial charge on any atom is -0.451 e. The largest absolute Gasteiger partial charge is 0.451 e. The highest BCUT2D eigenvalue weighted by atomic mass is 35.5. The number of hydrogen-bond donors (Lipinski definition) is 1. The van der Waals surface area contributed by atoms with Gasteiger partial charge in [0.2, 0.25) is 0 Å². The van der Waals surface area contributed by atoms with E-state index < -0.39 is 0 Å². The van der Waals surface area contributed by atoms with Gasteiger partial charge in [-0.3, -0.25) is 4.98 Å². The molecule has 4 rings (SSSR count). The summed E-state index contributed by atoms with van der Waals surface area (Å²) in [6, 6.07) is 7.81. The van der Waals surface area contributed by atoms with E-state index in [1.165, 1.54) is 19.3 Å². The summed E-state index contributed by atoms with van der Waals surface area (Å²) in [5, 5.41) is 4.17. The van der Waals surface area contributed by atoms with Crippen molar-refractivity contribution in [3.63, 3.8) is 0 Å². The first kappa shape index (κ1) is 14.8. The molecule has 1 aromatic carbocycles. The molecular weight excluding hydrogens is 310 g/mol. The molecule has 23 heavy (non-hydrogen) atoms. The van der Waals surface area contributed by atoms with E-state index in [0.29, 0.717) is 0 Å². The minimum atomic E-state index is 0.733. The van der Waals surface area contributed by atoms with Crippen molar-refractivity contribution in [1.29, 1.82) is 0 Å². The van der Waals surface area contributed by atoms with Crippen LogP contribution in [0.2, 0.25) is 5.02 Å². The monoisotopic (exact) mass is 329 g/mol. The number of rotatable bonds is 3. The Morgan fingerprint density at radius 2 is 2.04 bits per heavy atom. The summed E-state index contributed by atoms with van der Waals surface area (Å²) in [6.07, 6.45) is 7.29. The van der Waals surface area contributed by atoms with Crippen LogP contribution in [0.1, 0.15) is 19.3 Å². The Labute approximate surface area is 141 Å². The second-order valence-electron chi connectivity index (χ2n) is 6.19. The lowest BCUT2D eigenvalue weighted by molar-refractivity contribution is 0.356. The second-order valence-corrected chi connectivity index (χ2v) is 6.63. The molecule has 0 saturated carbocycles. The molecule has 120 valence electrons. The molecule has 0 atom stereocenters. The van der Waals surface area contributed by atoms with Gasteiger partial charge in [0.15, 0.2) is 11.5 Å². The molecule has 4 nitrogen and oxygen atoms in total. The molecular formula is C18H20ClN3O. The molecule has 0 amide bonds. The molecule has 5 heteroatoms. The third-order valence-corrected chi connectivity index (χ3v) is 4.94. The van der Waals surface area contributed by atoms with Gasteiger partial charge in [-0.2, -0.15) is 0 Å². The van der Waals surface area contributed by atoms with Gasteiger partial charge in [0.05, 0.1) is 17.6 Å². The average molecular weight is 330 g/mol. The van der Waals surface area contributed by atoms with Crippen LogP contribution in [0.4, 0.5) is 11.4 Å². The van der Waals surface area contributed by atoms with Crippen LogP contribution in [-0.2, 0) is 0 Å². The quantitative estimate of drug-likeness (QED) is 0.907. The van der Waals surface area contributed by atoms with E-state index in [-0.39, 0.29) is 0 Å². The van der Waals surface area contributed by atoms with Crippen LogP contribution in [0.15, 0.2) is 36.7 Å². The minimum absolute atomic E-state index is 0.733. The molecule has 2 aromatic rings. The number of aromatic nitrogens is 1. The average Bonchev–Trinajstić information content (AvgIpc) is 2.60. The van der Waals surface area contributed by atoms with Crippen molar-refractivity contribution in [2.45, 2.75) is 19.3 Å². The molecule has 2 aliphatic rings. The number of hydrogen-bond acceptors (Lipinski definition) is 4. The standard InChI is InChI=1S/C18H20ClN3O/c19-14-1-2-17-16(11-14)22(10-6-13-3-7-20-8-4-13)15-5-9-21-12-18(15)23-17/h1-2,5,9,11-13,20H,3-4,6-8,10H2. The van der Waals surface area contributed by atoms with Crippen molar-refractivity contribution in [3.05, 3.63) is 41.7 Å². The second kappa shape index (κ2) is 6.38. The van der Waals surface area contributed by atoms with Gasteiger partial charge in [-0.05, 0) is 62.5 Å². The third-order valence-electron chi connectivity index (χ3n) is 4.70. The van der Waals surface area contributed by atoms with Gasteiger partial charge < -0.3 is 15.0 Å². The number of nitrogens with zero attached hydrogens (tertiary/aromatic N) is 2. The summed E-state index contributed by atoms with van der Waals surface area (Å²) in [7, 11) is 0. The molecule has 0 spiro atoms. The lowest BCUT2D eigenvalue weighted by Gasteiger charge is -2.34. The first-order chi connectivity index (χ1) is 11.3. The molecule has 3 heterocycles. The third kappa shape index (κ3) is 3.01. The zero-order valence-electron chi connectivity index (χ0n) is 13.0. The molecule has 1 N–H and O–H groups in total. The fourth-order valence-corrected chi connectivity index (χ4v) is 3.60. The molecule has 1 saturated heterocycles. The molecule has 1 fully saturated rings. The number of ether oxygens (including phenoxy) is 1. The maximum atomic E-state index is 6.22. The van der Waals surface area contributed by atoms with E-state index in [2.05, 4.69) is 15.2 Å². The lowest BCUT2D eigenvalue weighted by Crippen LogP contribution is -2.30. The van der Waals surface area contributed by atoms with Crippen LogP contribution in [0.3, 0.4) is 0 Å². The van der Waals surface area contributed by atoms with E-state index in [1.54, 1.807) is 6.20 Å². The van der Waals surface area contributed by atoms with Crippen LogP contribution in [0.25, 0.3) is 0 Å². The fraction of sp³-hybridized carbons (Fsp3) is 0.389. The topological polar surface area (TPSA) is 37.4 Å². The Bertz CT molecular complexity index is 700. The van der Waals surface area contributed by atoms with Crippen molar-refractivity contribution in [2.24, 2.45) is 5.92 Å². The number of pyridine rings is 1. The molecule has 1 aromatic heterocycles. The van der Waals surface area contributed by atoms with Gasteiger partial charge in [-0.15, -0.1) is 0 Å². The molecule has 0 bridgehead atoms. The maximum Gasteiger partial charge on any atom is 0.169 e. The Balaban J connectivity index is 1.62. The van der Waals surface area contributed by atoms with E-state index in [4.69, 9.17) is 16.3 Å². The van der Waals surface area contributed by atoms with Crippen LogP contribution in [-0.4, -0.2) is 24.6 Å². The summed E-state index contributed by atoms with van der Waals surface area (Å²) >= 11 is 6.22. The molecule has 0 unspecified atom stereocenters. The number of fused-ring (bicyclic) bond motifs is 2. The summed E-state index contributed by atoms with van der Waals surface area (Å²) in [6.45, 7) is 3.24. The summed E-state index contributed by atoms with van der Waals surface area (Å²) in [5.74, 6) is 2.44. The Hall–Kier alpha value is -1.78. The SMILES string of the molecule is Clc1ccc2c(c1)N(CCC1CCNCC1)c1ccncc1O2. The lowest BCUT2D eigenvalue weighted by atomic mass is 9.94. The summed E-state index contributed by atoms with van der Waals surface area (Å²) in [4.78, 5) is 6.51. The van der Waals surface area contributed by atoms with Crippen molar-refractivity contribution >= 4 is 23.0 Å². The first-order valence-electron chi connectivity index (χ1n) is 8.21. The van der Waals surface area contributed by atoms with E-state index in [9.17, 15) is 0 Å². The van der Waals surface area contributed by atoms with Crippen molar-refractivity contribution in [2.75, 3.05) is 24.5 Å². The smallest absolute Gasteiger partial charge is 0.169 e. The zero-order valence-corrected chi connectivity index (χ0v) is 13.7. The van der Waals surface area contributed by atoms with Crippen molar-refractivity contribution < 1.29 is 4.74 Å². The summed E-state index contributed by atoms with van der Waals surface area (Å²) in [5.41, 5.74) is 2.12. The van der Waals surface area contributed by atoms with Gasteiger partial charge in [0.25, 0.3) is 0 Å². The fourth-order valence-electron chi connectivity index (χ4n) is 3.43. The predicted octanol–water partition coefficient (Wildman–Crippen LogP) is 4.37. The maximum absolute atomic E-state index is 6.22. The zero-order chi connectivity index (χ0) is 15.6. The Morgan fingerprint density at radius 3 is 2.91 bits per heavy atom. The molecule has 2 aliphatic heterocycles. The van der Waals surface area contributed by atoms with Crippen molar-refractivity contribution in [3.8, 4) is 11.5 Å². The summed E-state index contributed by atoms with van der Waals surface area (Å²) < 4.78 is 5.98. The number of piperidine rings is 1. The van der Waals surface area contributed by atoms with Crippen LogP contribution >= 0.6 is 11.6 Å². The van der Waals surface area contributed by atoms with Gasteiger partial charge >= 0.3 is 0 Å². The number of anilines is 2. The molecule has 0 aliphatic carbocycles. The predicted molar refractivity (Wildman–Crippen MR) is 93.0 cm³/mol. The van der Waals surface area contributed by atoms with Crippen LogP contribution in [0.5, 0.6) is 11.5 Å². The Kier molecular flexibility index (Phi) is 4.10. The number of nitrogens with one attached hydrogen (secondary N) is 1. The number of benzene rings is 1. The van der Waals surface area contributed by atoms with Crippen molar-refractivity contribution in [1.82, 2.24) is 10.3 Å².